The van der Waals surface area contributed by atoms with Gasteiger partial charge in [-0.1, -0.05) is 0 Å². The van der Waals surface area contributed by atoms with Crippen molar-refractivity contribution in [3.63, 3.8) is 0 Å². The second-order valence-electron chi connectivity index (χ2n) is 5.69. The molecule has 3 rings (SSSR count). The highest BCUT2D eigenvalue weighted by Crippen LogP contribution is 2.25. The summed E-state index contributed by atoms with van der Waals surface area (Å²) in [6, 6.07) is 10.4. The number of amides is 1. The van der Waals surface area contributed by atoms with Crippen LogP contribution in [0.15, 0.2) is 51.7 Å². The number of nitrogens with one attached hydrogen (secondary N) is 1. The fourth-order valence-electron chi connectivity index (χ4n) is 2.54. The molecule has 2 N–H and O–H groups in total. The first-order chi connectivity index (χ1) is 11.8. The Morgan fingerprint density at radius 3 is 2.44 bits per heavy atom. The van der Waals surface area contributed by atoms with Gasteiger partial charge in [-0.25, -0.2) is 4.79 Å². The molecule has 0 atom stereocenters. The molecule has 0 aliphatic rings. The summed E-state index contributed by atoms with van der Waals surface area (Å²) in [5.74, 6) is -0.362. The number of aryl methyl sites for hydroxylation is 2. The van der Waals surface area contributed by atoms with Crippen LogP contribution < -0.4 is 16.2 Å². The summed E-state index contributed by atoms with van der Waals surface area (Å²) in [6.45, 7) is 3.59. The first-order valence-electron chi connectivity index (χ1n) is 7.48. The van der Waals surface area contributed by atoms with Crippen molar-refractivity contribution in [2.75, 3.05) is 10.5 Å². The van der Waals surface area contributed by atoms with Gasteiger partial charge in [0.1, 0.15) is 5.58 Å². The number of hydrogen-bond acceptors (Lipinski definition) is 6. The highest BCUT2D eigenvalue weighted by molar-refractivity contribution is 6.05. The van der Waals surface area contributed by atoms with Crippen LogP contribution in [0.4, 0.5) is 11.4 Å². The molecular formula is C18H15N2O5-. The molecule has 0 radical (unpaired) electrons. The van der Waals surface area contributed by atoms with Gasteiger partial charge in [0.05, 0.1) is 5.69 Å². The summed E-state index contributed by atoms with van der Waals surface area (Å²) in [7, 11) is 0. The van der Waals surface area contributed by atoms with Gasteiger partial charge < -0.3 is 20.2 Å². The predicted octanol–water partition coefficient (Wildman–Crippen LogP) is 3.36. The van der Waals surface area contributed by atoms with Crippen LogP contribution in [0.2, 0.25) is 0 Å². The highest BCUT2D eigenvalue weighted by atomic mass is 16.8. The molecule has 0 bridgehead atoms. The third kappa shape index (κ3) is 3.37. The Labute approximate surface area is 142 Å². The van der Waals surface area contributed by atoms with Gasteiger partial charge in [0.15, 0.2) is 0 Å². The number of carbonyl (C=O) groups is 1. The van der Waals surface area contributed by atoms with Crippen molar-refractivity contribution in [2.45, 2.75) is 13.8 Å². The Balaban J connectivity index is 1.93. The van der Waals surface area contributed by atoms with Crippen LogP contribution in [0.25, 0.3) is 11.0 Å². The van der Waals surface area contributed by atoms with E-state index in [0.717, 1.165) is 16.5 Å². The molecule has 0 fully saturated rings. The number of anilines is 2. The van der Waals surface area contributed by atoms with Gasteiger partial charge in [0.2, 0.25) is 0 Å². The van der Waals surface area contributed by atoms with Crippen LogP contribution >= 0.6 is 0 Å². The molecule has 3 aromatic rings. The maximum atomic E-state index is 12.4. The lowest BCUT2D eigenvalue weighted by Crippen LogP contribution is -2.13. The molecule has 1 heterocycles. The predicted molar refractivity (Wildman–Crippen MR) is 94.0 cm³/mol. The van der Waals surface area contributed by atoms with Gasteiger partial charge in [-0.3, -0.25) is 10.0 Å². The molecule has 25 heavy (non-hydrogen) atoms. The molecule has 0 aliphatic heterocycles. The first-order valence-corrected chi connectivity index (χ1v) is 7.48. The number of fused-ring (bicyclic) bond motifs is 1. The SMILES string of the molecule is Cc1cc2oc(=O)cc(C)c2cc1NC(=O)c1ccc(N([O-])O)cc1. The van der Waals surface area contributed by atoms with Crippen LogP contribution in [-0.2, 0) is 0 Å². The van der Waals surface area contributed by atoms with Gasteiger partial charge in [-0.15, -0.1) is 0 Å². The average molecular weight is 339 g/mol. The minimum Gasteiger partial charge on any atom is -0.733 e. The summed E-state index contributed by atoms with van der Waals surface area (Å²) >= 11 is 0. The topological polar surface area (TPSA) is 106 Å². The normalized spacial score (nSPS) is 10.7. The monoisotopic (exact) mass is 339 g/mol. The van der Waals surface area contributed by atoms with E-state index in [1.165, 1.54) is 30.3 Å². The van der Waals surface area contributed by atoms with Crippen molar-refractivity contribution in [1.82, 2.24) is 0 Å². The van der Waals surface area contributed by atoms with Crippen molar-refractivity contribution in [1.29, 1.82) is 0 Å². The summed E-state index contributed by atoms with van der Waals surface area (Å²) in [5, 5.41) is 22.9. The van der Waals surface area contributed by atoms with Crippen LogP contribution in [0, 0.1) is 19.1 Å². The fourth-order valence-corrected chi connectivity index (χ4v) is 2.54. The Hall–Kier alpha value is -3.16. The van der Waals surface area contributed by atoms with Crippen LogP contribution in [0.5, 0.6) is 0 Å². The quantitative estimate of drug-likeness (QED) is 0.560. The zero-order chi connectivity index (χ0) is 18.1. The summed E-state index contributed by atoms with van der Waals surface area (Å²) < 4.78 is 5.18. The van der Waals surface area contributed by atoms with E-state index in [4.69, 9.17) is 9.62 Å². The molecule has 1 aromatic heterocycles. The van der Waals surface area contributed by atoms with Crippen molar-refractivity contribution < 1.29 is 14.4 Å². The Bertz CT molecular complexity index is 1010. The van der Waals surface area contributed by atoms with E-state index >= 15 is 0 Å². The smallest absolute Gasteiger partial charge is 0.336 e. The molecule has 0 saturated carbocycles. The molecule has 128 valence electrons. The van der Waals surface area contributed by atoms with E-state index in [2.05, 4.69) is 5.32 Å². The standard InChI is InChI=1S/C18H15N2O5/c1-10-8-17(21)25-16-7-11(2)15(9-14(10)16)19-18(22)12-3-5-13(6-4-12)20(23)24/h3-9,23H,1-2H3,(H,19,22)/q-1. The average Bonchev–Trinajstić information content (AvgIpc) is 2.56. The number of benzene rings is 2. The Morgan fingerprint density at radius 1 is 1.12 bits per heavy atom. The molecular weight excluding hydrogens is 324 g/mol. The zero-order valence-corrected chi connectivity index (χ0v) is 13.6. The van der Waals surface area contributed by atoms with Gasteiger partial charge in [0, 0.05) is 22.7 Å². The molecule has 0 spiro atoms. The van der Waals surface area contributed by atoms with Gasteiger partial charge in [-0.05, 0) is 61.4 Å². The second kappa shape index (κ2) is 6.39. The van der Waals surface area contributed by atoms with Gasteiger partial charge in [-0.2, -0.15) is 0 Å². The van der Waals surface area contributed by atoms with E-state index in [0.29, 0.717) is 16.8 Å². The molecule has 1 amide bonds. The van der Waals surface area contributed by atoms with Gasteiger partial charge in [0.25, 0.3) is 5.91 Å². The van der Waals surface area contributed by atoms with E-state index in [9.17, 15) is 14.8 Å². The van der Waals surface area contributed by atoms with Gasteiger partial charge >= 0.3 is 5.63 Å². The third-order valence-corrected chi connectivity index (χ3v) is 3.89. The van der Waals surface area contributed by atoms with Crippen LogP contribution in [0.3, 0.4) is 0 Å². The molecule has 2 aromatic carbocycles. The van der Waals surface area contributed by atoms with E-state index in [1.54, 1.807) is 26.0 Å². The number of nitrogens with zero attached hydrogens (tertiary/aromatic N) is 1. The minimum absolute atomic E-state index is 0.0316. The summed E-state index contributed by atoms with van der Waals surface area (Å²) in [6.07, 6.45) is 0. The molecule has 0 unspecified atom stereocenters. The molecule has 7 nitrogen and oxygen atoms in total. The van der Waals surface area contributed by atoms with Crippen molar-refractivity contribution in [3.8, 4) is 0 Å². The lowest BCUT2D eigenvalue weighted by Gasteiger charge is -2.21. The highest BCUT2D eigenvalue weighted by Gasteiger charge is 2.11. The van der Waals surface area contributed by atoms with Crippen LogP contribution in [0.1, 0.15) is 21.5 Å². The third-order valence-electron chi connectivity index (χ3n) is 3.89. The largest absolute Gasteiger partial charge is 0.733 e. The van der Waals surface area contributed by atoms with Crippen molar-refractivity contribution in [3.05, 3.63) is 74.8 Å². The minimum atomic E-state index is -0.419. The lowest BCUT2D eigenvalue weighted by molar-refractivity contribution is 0.102. The number of carbonyl (C=O) groups excluding carboxylic acids is 1. The van der Waals surface area contributed by atoms with E-state index in [-0.39, 0.29) is 16.8 Å². The number of rotatable bonds is 3. The van der Waals surface area contributed by atoms with Crippen LogP contribution in [-0.4, -0.2) is 11.1 Å². The summed E-state index contributed by atoms with van der Waals surface area (Å²) in [5.41, 5.74) is 2.49. The number of hydrogen-bond donors (Lipinski definition) is 2. The van der Waals surface area contributed by atoms with Crippen molar-refractivity contribution >= 4 is 28.3 Å². The van der Waals surface area contributed by atoms with E-state index in [1.807, 2.05) is 0 Å². The molecule has 0 aliphatic carbocycles. The molecule has 7 heteroatoms. The fraction of sp³-hybridized carbons (Fsp3) is 0.111. The van der Waals surface area contributed by atoms with Crippen molar-refractivity contribution in [2.24, 2.45) is 0 Å². The lowest BCUT2D eigenvalue weighted by atomic mass is 10.1. The Kier molecular flexibility index (Phi) is 4.26. The second-order valence-corrected chi connectivity index (χ2v) is 5.69. The first kappa shape index (κ1) is 16.7. The maximum absolute atomic E-state index is 12.4. The zero-order valence-electron chi connectivity index (χ0n) is 13.6. The molecule has 0 saturated heterocycles. The summed E-state index contributed by atoms with van der Waals surface area (Å²) in [4.78, 5) is 23.8. The maximum Gasteiger partial charge on any atom is 0.336 e. The Morgan fingerprint density at radius 2 is 1.80 bits per heavy atom. The van der Waals surface area contributed by atoms with E-state index < -0.39 is 5.63 Å².